The molecule has 0 bridgehead atoms. The van der Waals surface area contributed by atoms with Crippen LogP contribution < -0.4 is 0 Å². The minimum absolute atomic E-state index is 0.0751. The molecule has 1 aliphatic rings. The number of aromatic nitrogens is 1. The van der Waals surface area contributed by atoms with Gasteiger partial charge in [-0.2, -0.15) is 0 Å². The van der Waals surface area contributed by atoms with Crippen LogP contribution in [0.1, 0.15) is 22.5 Å². The van der Waals surface area contributed by atoms with Crippen molar-refractivity contribution in [3.63, 3.8) is 0 Å². The van der Waals surface area contributed by atoms with E-state index in [1.54, 1.807) is 5.51 Å². The summed E-state index contributed by atoms with van der Waals surface area (Å²) in [6.07, 6.45) is 2.10. The summed E-state index contributed by atoms with van der Waals surface area (Å²) in [5, 5.41) is 1.83. The van der Waals surface area contributed by atoms with Crippen molar-refractivity contribution < 1.29 is 4.79 Å². The summed E-state index contributed by atoms with van der Waals surface area (Å²) in [5.41, 5.74) is 3.68. The second kappa shape index (κ2) is 7.51. The van der Waals surface area contributed by atoms with E-state index in [2.05, 4.69) is 40.2 Å². The van der Waals surface area contributed by atoms with Gasteiger partial charge in [0.15, 0.2) is 0 Å². The van der Waals surface area contributed by atoms with Gasteiger partial charge in [-0.25, -0.2) is 4.98 Å². The predicted molar refractivity (Wildman–Crippen MR) is 89.2 cm³/mol. The second-order valence-corrected chi connectivity index (χ2v) is 6.32. The van der Waals surface area contributed by atoms with Gasteiger partial charge in [0.2, 0.25) is 0 Å². The Morgan fingerprint density at radius 1 is 1.14 bits per heavy atom. The van der Waals surface area contributed by atoms with E-state index in [4.69, 9.17) is 0 Å². The third-order valence-corrected chi connectivity index (χ3v) is 4.67. The maximum atomic E-state index is 12.4. The van der Waals surface area contributed by atoms with Crippen LogP contribution >= 0.6 is 11.3 Å². The number of carbonyl (C=O) groups excluding carboxylic acids is 1. The molecule has 1 aliphatic heterocycles. The Balaban J connectivity index is 1.50. The lowest BCUT2D eigenvalue weighted by molar-refractivity contribution is 0.0756. The summed E-state index contributed by atoms with van der Waals surface area (Å²) >= 11 is 1.47. The maximum absolute atomic E-state index is 12.4. The molecular formula is C17H21N3OS. The summed E-state index contributed by atoms with van der Waals surface area (Å²) in [6.45, 7) is 4.70. The molecule has 22 heavy (non-hydrogen) atoms. The number of thiazole rings is 1. The molecule has 2 aromatic rings. The number of rotatable bonds is 4. The van der Waals surface area contributed by atoms with Gasteiger partial charge in [-0.1, -0.05) is 30.3 Å². The van der Waals surface area contributed by atoms with Crippen molar-refractivity contribution in [2.24, 2.45) is 0 Å². The molecule has 1 amide bonds. The first-order chi connectivity index (χ1) is 10.8. The van der Waals surface area contributed by atoms with Crippen LogP contribution in [0.25, 0.3) is 0 Å². The van der Waals surface area contributed by atoms with Crippen LogP contribution in [0.4, 0.5) is 0 Å². The van der Waals surface area contributed by atoms with Crippen LogP contribution in [0.15, 0.2) is 41.2 Å². The Morgan fingerprint density at radius 3 is 2.77 bits per heavy atom. The molecule has 0 saturated carbocycles. The highest BCUT2D eigenvalue weighted by atomic mass is 32.1. The fourth-order valence-corrected chi connectivity index (χ4v) is 3.34. The first-order valence-corrected chi connectivity index (χ1v) is 8.71. The van der Waals surface area contributed by atoms with Gasteiger partial charge >= 0.3 is 0 Å². The van der Waals surface area contributed by atoms with E-state index in [1.807, 2.05) is 10.3 Å². The van der Waals surface area contributed by atoms with Crippen molar-refractivity contribution in [3.05, 3.63) is 52.5 Å². The highest BCUT2D eigenvalue weighted by Crippen LogP contribution is 2.10. The number of carbonyl (C=O) groups is 1. The first kappa shape index (κ1) is 15.2. The number of benzene rings is 1. The molecule has 116 valence electrons. The van der Waals surface area contributed by atoms with Crippen LogP contribution in [0.3, 0.4) is 0 Å². The minimum Gasteiger partial charge on any atom is -0.336 e. The van der Waals surface area contributed by atoms with Crippen molar-refractivity contribution in [2.75, 3.05) is 32.7 Å². The zero-order valence-corrected chi connectivity index (χ0v) is 13.5. The molecule has 4 nitrogen and oxygen atoms in total. The molecule has 5 heteroatoms. The molecule has 1 aromatic carbocycles. The highest BCUT2D eigenvalue weighted by Gasteiger charge is 2.21. The molecule has 1 saturated heterocycles. The van der Waals surface area contributed by atoms with Crippen LogP contribution in [-0.4, -0.2) is 53.4 Å². The van der Waals surface area contributed by atoms with E-state index in [1.165, 1.54) is 16.9 Å². The Hall–Kier alpha value is -1.72. The SMILES string of the molecule is O=C(c1cscn1)N1CCCN(CCc2ccccc2)CC1. The largest absolute Gasteiger partial charge is 0.336 e. The van der Waals surface area contributed by atoms with Gasteiger partial charge in [0.1, 0.15) is 5.69 Å². The minimum atomic E-state index is 0.0751. The number of hydrogen-bond donors (Lipinski definition) is 0. The molecule has 0 aliphatic carbocycles. The second-order valence-electron chi connectivity index (χ2n) is 5.60. The fraction of sp³-hybridized carbons (Fsp3) is 0.412. The predicted octanol–water partition coefficient (Wildman–Crippen LogP) is 2.53. The van der Waals surface area contributed by atoms with Gasteiger partial charge in [-0.3, -0.25) is 4.79 Å². The Labute approximate surface area is 135 Å². The normalized spacial score (nSPS) is 16.5. The van der Waals surface area contributed by atoms with Crippen LogP contribution in [0.5, 0.6) is 0 Å². The summed E-state index contributed by atoms with van der Waals surface area (Å²) in [4.78, 5) is 20.9. The molecule has 0 spiro atoms. The summed E-state index contributed by atoms with van der Waals surface area (Å²) in [5.74, 6) is 0.0751. The molecule has 1 fully saturated rings. The monoisotopic (exact) mass is 315 g/mol. The third kappa shape index (κ3) is 3.93. The lowest BCUT2D eigenvalue weighted by Crippen LogP contribution is -2.35. The Kier molecular flexibility index (Phi) is 5.19. The molecule has 0 atom stereocenters. The standard InChI is InChI=1S/C17H21N3OS/c21-17(16-13-22-14-18-16)20-9-4-8-19(11-12-20)10-7-15-5-2-1-3-6-15/h1-3,5-6,13-14H,4,7-12H2. The van der Waals surface area contributed by atoms with Gasteiger partial charge in [-0.15, -0.1) is 11.3 Å². The van der Waals surface area contributed by atoms with Gasteiger partial charge in [0, 0.05) is 31.6 Å². The van der Waals surface area contributed by atoms with Crippen LogP contribution in [0.2, 0.25) is 0 Å². The molecule has 3 rings (SSSR count). The van der Waals surface area contributed by atoms with E-state index in [9.17, 15) is 4.79 Å². The number of nitrogens with zero attached hydrogens (tertiary/aromatic N) is 3. The third-order valence-electron chi connectivity index (χ3n) is 4.09. The van der Waals surface area contributed by atoms with E-state index in [0.29, 0.717) is 5.69 Å². The summed E-state index contributed by atoms with van der Waals surface area (Å²) in [6, 6.07) is 10.6. The molecule has 0 radical (unpaired) electrons. The quantitative estimate of drug-likeness (QED) is 0.870. The van der Waals surface area contributed by atoms with E-state index in [-0.39, 0.29) is 5.91 Å². The van der Waals surface area contributed by atoms with Crippen molar-refractivity contribution in [3.8, 4) is 0 Å². The fourth-order valence-electron chi connectivity index (χ4n) is 2.81. The van der Waals surface area contributed by atoms with Crippen molar-refractivity contribution in [1.29, 1.82) is 0 Å². The topological polar surface area (TPSA) is 36.4 Å². The highest BCUT2D eigenvalue weighted by molar-refractivity contribution is 7.07. The number of amides is 1. The van der Waals surface area contributed by atoms with Crippen molar-refractivity contribution in [1.82, 2.24) is 14.8 Å². The Bertz CT molecular complexity index is 585. The lowest BCUT2D eigenvalue weighted by atomic mass is 10.1. The van der Waals surface area contributed by atoms with Gasteiger partial charge in [0.25, 0.3) is 5.91 Å². The average molecular weight is 315 g/mol. The first-order valence-electron chi connectivity index (χ1n) is 7.76. The zero-order valence-electron chi connectivity index (χ0n) is 12.6. The number of hydrogen-bond acceptors (Lipinski definition) is 4. The van der Waals surface area contributed by atoms with Gasteiger partial charge in [0.05, 0.1) is 5.51 Å². The van der Waals surface area contributed by atoms with Crippen molar-refractivity contribution in [2.45, 2.75) is 12.8 Å². The molecule has 1 aromatic heterocycles. The van der Waals surface area contributed by atoms with E-state index >= 15 is 0 Å². The molecule has 0 N–H and O–H groups in total. The zero-order chi connectivity index (χ0) is 15.2. The van der Waals surface area contributed by atoms with E-state index in [0.717, 1.165) is 45.6 Å². The molecule has 2 heterocycles. The molecule has 0 unspecified atom stereocenters. The van der Waals surface area contributed by atoms with Gasteiger partial charge in [-0.05, 0) is 24.9 Å². The van der Waals surface area contributed by atoms with Gasteiger partial charge < -0.3 is 9.80 Å². The van der Waals surface area contributed by atoms with Crippen LogP contribution in [0, 0.1) is 0 Å². The smallest absolute Gasteiger partial charge is 0.273 e. The van der Waals surface area contributed by atoms with Crippen LogP contribution in [-0.2, 0) is 6.42 Å². The average Bonchev–Trinajstić information content (AvgIpc) is 2.99. The van der Waals surface area contributed by atoms with Crippen molar-refractivity contribution >= 4 is 17.2 Å². The summed E-state index contributed by atoms with van der Waals surface area (Å²) in [7, 11) is 0. The lowest BCUT2D eigenvalue weighted by Gasteiger charge is -2.21. The summed E-state index contributed by atoms with van der Waals surface area (Å²) < 4.78 is 0. The molecular weight excluding hydrogens is 294 g/mol. The van der Waals surface area contributed by atoms with E-state index < -0.39 is 0 Å². The maximum Gasteiger partial charge on any atom is 0.273 e. The Morgan fingerprint density at radius 2 is 2.00 bits per heavy atom.